The second kappa shape index (κ2) is 8.10. The minimum Gasteiger partial charge on any atom is -0.339 e. The van der Waals surface area contributed by atoms with Gasteiger partial charge in [0.2, 0.25) is 17.6 Å². The molecule has 0 radical (unpaired) electrons. The van der Waals surface area contributed by atoms with Gasteiger partial charge in [-0.05, 0) is 36.7 Å². The van der Waals surface area contributed by atoms with Crippen molar-refractivity contribution < 1.29 is 9.32 Å². The topological polar surface area (TPSA) is 93.8 Å². The number of nitrogens with zero attached hydrogens (tertiary/aromatic N) is 4. The Bertz CT molecular complexity index is 1090. The van der Waals surface area contributed by atoms with Crippen molar-refractivity contribution in [2.24, 2.45) is 0 Å². The minimum absolute atomic E-state index is 0.121. The summed E-state index contributed by atoms with van der Waals surface area (Å²) in [6.07, 6.45) is 0.623. The van der Waals surface area contributed by atoms with E-state index in [2.05, 4.69) is 25.0 Å². The molecule has 2 aromatic heterocycles. The Kier molecular flexibility index (Phi) is 5.20. The fraction of sp³-hybridized carbons (Fsp3) is 0.150. The van der Waals surface area contributed by atoms with Crippen LogP contribution in [0.3, 0.4) is 0 Å². The number of rotatable bonds is 6. The number of aryl methyl sites for hydroxylation is 2. The van der Waals surface area contributed by atoms with Crippen LogP contribution in [0.1, 0.15) is 17.9 Å². The van der Waals surface area contributed by atoms with E-state index < -0.39 is 0 Å². The molecule has 0 bridgehead atoms. The molecule has 0 aliphatic rings. The summed E-state index contributed by atoms with van der Waals surface area (Å²) in [5.41, 5.74) is 4.43. The van der Waals surface area contributed by atoms with Crippen LogP contribution in [0.2, 0.25) is 0 Å². The molecule has 1 N–H and O–H groups in total. The molecule has 0 spiro atoms. The first-order valence-electron chi connectivity index (χ1n) is 8.74. The standard InChI is InChI=1S/C20H17N5O2S/c1-13-4-2-6-15(10-13)20-22-19(27-24-20)9-8-18(26)21-16-7-3-5-14(11-16)17-12-28-25-23-17/h2-7,10-12H,8-9H2,1H3,(H,21,26). The van der Waals surface area contributed by atoms with Crippen LogP contribution >= 0.6 is 11.5 Å². The van der Waals surface area contributed by atoms with Crippen molar-refractivity contribution in [2.75, 3.05) is 5.32 Å². The zero-order valence-electron chi connectivity index (χ0n) is 15.1. The third-order valence-corrected chi connectivity index (χ3v) is 4.62. The van der Waals surface area contributed by atoms with Crippen molar-refractivity contribution in [1.29, 1.82) is 0 Å². The summed E-state index contributed by atoms with van der Waals surface area (Å²) in [4.78, 5) is 16.7. The molecule has 0 saturated heterocycles. The lowest BCUT2D eigenvalue weighted by molar-refractivity contribution is -0.116. The molecule has 0 aliphatic heterocycles. The molecule has 0 saturated carbocycles. The van der Waals surface area contributed by atoms with E-state index in [9.17, 15) is 4.79 Å². The Labute approximate surface area is 165 Å². The zero-order chi connectivity index (χ0) is 19.3. The number of nitrogens with one attached hydrogen (secondary N) is 1. The Balaban J connectivity index is 1.36. The predicted octanol–water partition coefficient (Wildman–Crippen LogP) is 4.13. The molecule has 28 heavy (non-hydrogen) atoms. The van der Waals surface area contributed by atoms with Gasteiger partial charge in [-0.3, -0.25) is 4.79 Å². The molecule has 1 amide bonds. The Hall–Kier alpha value is -3.39. The lowest BCUT2D eigenvalue weighted by atomic mass is 10.1. The molecule has 4 aromatic rings. The number of hydrogen-bond acceptors (Lipinski definition) is 7. The summed E-state index contributed by atoms with van der Waals surface area (Å²) in [6.45, 7) is 2.01. The van der Waals surface area contributed by atoms with Crippen LogP contribution in [0, 0.1) is 6.92 Å². The second-order valence-corrected chi connectivity index (χ2v) is 6.91. The SMILES string of the molecule is Cc1cccc(-c2noc(CCC(=O)Nc3cccc(-c4csnn4)c3)n2)c1. The van der Waals surface area contributed by atoms with E-state index in [-0.39, 0.29) is 12.3 Å². The summed E-state index contributed by atoms with van der Waals surface area (Å²) in [5, 5.41) is 12.8. The second-order valence-electron chi connectivity index (χ2n) is 6.30. The van der Waals surface area contributed by atoms with Crippen molar-refractivity contribution >= 4 is 23.1 Å². The fourth-order valence-electron chi connectivity index (χ4n) is 2.75. The first kappa shape index (κ1) is 18.0. The smallest absolute Gasteiger partial charge is 0.227 e. The Morgan fingerprint density at radius 3 is 2.82 bits per heavy atom. The van der Waals surface area contributed by atoms with Crippen LogP contribution in [0.15, 0.2) is 58.4 Å². The summed E-state index contributed by atoms with van der Waals surface area (Å²) in [6, 6.07) is 15.4. The number of anilines is 1. The molecule has 2 heterocycles. The maximum Gasteiger partial charge on any atom is 0.227 e. The van der Waals surface area contributed by atoms with Crippen LogP contribution in [0.4, 0.5) is 5.69 Å². The monoisotopic (exact) mass is 391 g/mol. The molecular weight excluding hydrogens is 374 g/mol. The van der Waals surface area contributed by atoms with Gasteiger partial charge in [0, 0.05) is 35.0 Å². The number of aromatic nitrogens is 4. The lowest BCUT2D eigenvalue weighted by Gasteiger charge is -2.05. The quantitative estimate of drug-likeness (QED) is 0.531. The average molecular weight is 391 g/mol. The molecule has 0 atom stereocenters. The van der Waals surface area contributed by atoms with Crippen LogP contribution in [0.5, 0.6) is 0 Å². The molecule has 0 aliphatic carbocycles. The van der Waals surface area contributed by atoms with Gasteiger partial charge in [0.15, 0.2) is 0 Å². The lowest BCUT2D eigenvalue weighted by Crippen LogP contribution is -2.12. The maximum atomic E-state index is 12.3. The molecule has 2 aromatic carbocycles. The molecule has 7 nitrogen and oxygen atoms in total. The van der Waals surface area contributed by atoms with E-state index in [0.29, 0.717) is 23.8 Å². The zero-order valence-corrected chi connectivity index (χ0v) is 15.9. The van der Waals surface area contributed by atoms with Gasteiger partial charge in [-0.2, -0.15) is 4.98 Å². The number of hydrogen-bond donors (Lipinski definition) is 1. The van der Waals surface area contributed by atoms with E-state index in [1.807, 2.05) is 60.8 Å². The van der Waals surface area contributed by atoms with Crippen LogP contribution in [-0.2, 0) is 11.2 Å². The van der Waals surface area contributed by atoms with Crippen molar-refractivity contribution in [1.82, 2.24) is 19.7 Å². The van der Waals surface area contributed by atoms with Gasteiger partial charge in [-0.1, -0.05) is 45.5 Å². The van der Waals surface area contributed by atoms with E-state index in [1.54, 1.807) is 0 Å². The first-order chi connectivity index (χ1) is 13.7. The summed E-state index contributed by atoms with van der Waals surface area (Å²) < 4.78 is 9.13. The molecule has 8 heteroatoms. The fourth-order valence-corrected chi connectivity index (χ4v) is 3.21. The van der Waals surface area contributed by atoms with Crippen LogP contribution in [-0.4, -0.2) is 25.6 Å². The van der Waals surface area contributed by atoms with Crippen molar-refractivity contribution in [2.45, 2.75) is 19.8 Å². The first-order valence-corrected chi connectivity index (χ1v) is 9.58. The third-order valence-electron chi connectivity index (χ3n) is 4.11. The highest BCUT2D eigenvalue weighted by Crippen LogP contribution is 2.22. The maximum absolute atomic E-state index is 12.3. The van der Waals surface area contributed by atoms with Crippen molar-refractivity contribution in [3.8, 4) is 22.6 Å². The molecule has 140 valence electrons. The van der Waals surface area contributed by atoms with E-state index >= 15 is 0 Å². The van der Waals surface area contributed by atoms with Crippen molar-refractivity contribution in [3.63, 3.8) is 0 Å². The number of carbonyl (C=O) groups excluding carboxylic acids is 1. The van der Waals surface area contributed by atoms with Gasteiger partial charge in [0.25, 0.3) is 0 Å². The normalized spacial score (nSPS) is 10.8. The molecule has 0 unspecified atom stereocenters. The Morgan fingerprint density at radius 2 is 2.00 bits per heavy atom. The highest BCUT2D eigenvalue weighted by Gasteiger charge is 2.11. The molecule has 0 fully saturated rings. The number of benzene rings is 2. The van der Waals surface area contributed by atoms with Gasteiger partial charge < -0.3 is 9.84 Å². The van der Waals surface area contributed by atoms with Crippen LogP contribution in [0.25, 0.3) is 22.6 Å². The van der Waals surface area contributed by atoms with E-state index in [4.69, 9.17) is 4.52 Å². The minimum atomic E-state index is -0.121. The largest absolute Gasteiger partial charge is 0.339 e. The average Bonchev–Trinajstić information content (AvgIpc) is 3.39. The summed E-state index contributed by atoms with van der Waals surface area (Å²) in [5.74, 6) is 0.849. The van der Waals surface area contributed by atoms with Gasteiger partial charge in [0.05, 0.1) is 0 Å². The van der Waals surface area contributed by atoms with E-state index in [1.165, 1.54) is 11.5 Å². The summed E-state index contributed by atoms with van der Waals surface area (Å²) in [7, 11) is 0. The number of amides is 1. The summed E-state index contributed by atoms with van der Waals surface area (Å²) >= 11 is 1.29. The highest BCUT2D eigenvalue weighted by molar-refractivity contribution is 7.03. The van der Waals surface area contributed by atoms with Gasteiger partial charge >= 0.3 is 0 Å². The van der Waals surface area contributed by atoms with E-state index in [0.717, 1.165) is 22.4 Å². The van der Waals surface area contributed by atoms with Gasteiger partial charge in [-0.15, -0.1) is 5.10 Å². The highest BCUT2D eigenvalue weighted by atomic mass is 32.1. The molecule has 4 rings (SSSR count). The molecular formula is C20H17N5O2S. The third kappa shape index (κ3) is 4.29. The van der Waals surface area contributed by atoms with Gasteiger partial charge in [-0.25, -0.2) is 0 Å². The van der Waals surface area contributed by atoms with Gasteiger partial charge in [0.1, 0.15) is 5.69 Å². The number of carbonyl (C=O) groups is 1. The van der Waals surface area contributed by atoms with Crippen molar-refractivity contribution in [3.05, 3.63) is 65.4 Å². The Morgan fingerprint density at radius 1 is 1.14 bits per heavy atom. The predicted molar refractivity (Wildman–Crippen MR) is 107 cm³/mol. The van der Waals surface area contributed by atoms with Crippen LogP contribution < -0.4 is 5.32 Å².